The average Bonchev–Trinajstić information content (AvgIpc) is 3.51. The fourth-order valence-corrected chi connectivity index (χ4v) is 6.32. The van der Waals surface area contributed by atoms with Crippen LogP contribution in [0.2, 0.25) is 0 Å². The predicted molar refractivity (Wildman–Crippen MR) is 131 cm³/mol. The van der Waals surface area contributed by atoms with E-state index in [0.29, 0.717) is 0 Å². The lowest BCUT2D eigenvalue weighted by Gasteiger charge is -2.01. The van der Waals surface area contributed by atoms with Crippen LogP contribution in [-0.2, 0) is 0 Å². The molecule has 0 amide bonds. The SMILES string of the molecule is c1ccc2c(c1)C(=c1ccc(=C3c4ccccc4-c4ccccc43)s1)c1ccccc1-2. The van der Waals surface area contributed by atoms with Crippen molar-refractivity contribution in [2.75, 3.05) is 0 Å². The molecule has 0 atom stereocenters. The second-order valence-electron chi connectivity index (χ2n) is 8.10. The Morgan fingerprint density at radius 3 is 0.839 bits per heavy atom. The van der Waals surface area contributed by atoms with Crippen molar-refractivity contribution in [1.82, 2.24) is 0 Å². The molecule has 7 rings (SSSR count). The van der Waals surface area contributed by atoms with Gasteiger partial charge in [0, 0.05) is 20.2 Å². The molecule has 1 heteroatoms. The highest BCUT2D eigenvalue weighted by Gasteiger charge is 2.25. The molecule has 1 heterocycles. The molecule has 0 unspecified atom stereocenters. The highest BCUT2D eigenvalue weighted by molar-refractivity contribution is 7.08. The summed E-state index contributed by atoms with van der Waals surface area (Å²) in [5.74, 6) is 0. The first-order valence-electron chi connectivity index (χ1n) is 10.6. The standard InChI is InChI=1S/C30H18S/c1-5-13-23-19(9-1)20-10-2-6-14-24(20)29(23)27-17-18-28(31-27)30-25-15-7-3-11-21(25)22-12-4-8-16-26(22)30/h1-18H. The Kier molecular flexibility index (Phi) is 3.52. The second-order valence-corrected chi connectivity index (χ2v) is 9.18. The van der Waals surface area contributed by atoms with Gasteiger partial charge in [-0.2, -0.15) is 0 Å². The van der Waals surface area contributed by atoms with E-state index >= 15 is 0 Å². The minimum Gasteiger partial charge on any atom is -0.135 e. The third-order valence-corrected chi connectivity index (χ3v) is 7.58. The van der Waals surface area contributed by atoms with Crippen LogP contribution < -0.4 is 9.06 Å². The van der Waals surface area contributed by atoms with E-state index in [2.05, 4.69) is 109 Å². The Morgan fingerprint density at radius 1 is 0.290 bits per heavy atom. The van der Waals surface area contributed by atoms with Crippen molar-refractivity contribution in [2.45, 2.75) is 0 Å². The summed E-state index contributed by atoms with van der Waals surface area (Å²) in [7, 11) is 0. The van der Waals surface area contributed by atoms with E-state index in [9.17, 15) is 0 Å². The summed E-state index contributed by atoms with van der Waals surface area (Å²) in [4.78, 5) is 0. The summed E-state index contributed by atoms with van der Waals surface area (Å²) < 4.78 is 2.67. The van der Waals surface area contributed by atoms with Gasteiger partial charge in [-0.05, 0) is 56.6 Å². The lowest BCUT2D eigenvalue weighted by molar-refractivity contribution is 1.63. The molecule has 0 spiro atoms. The molecule has 0 saturated heterocycles. The van der Waals surface area contributed by atoms with E-state index < -0.39 is 0 Å². The van der Waals surface area contributed by atoms with Gasteiger partial charge in [-0.25, -0.2) is 0 Å². The number of fused-ring (bicyclic) bond motifs is 6. The monoisotopic (exact) mass is 410 g/mol. The molecule has 1 aromatic heterocycles. The third-order valence-electron chi connectivity index (χ3n) is 6.46. The number of rotatable bonds is 0. The van der Waals surface area contributed by atoms with E-state index in [4.69, 9.17) is 0 Å². The molecule has 31 heavy (non-hydrogen) atoms. The molecule has 0 aliphatic heterocycles. The van der Waals surface area contributed by atoms with Crippen molar-refractivity contribution >= 4 is 22.5 Å². The smallest absolute Gasteiger partial charge is 0.0361 e. The second kappa shape index (κ2) is 6.41. The van der Waals surface area contributed by atoms with Crippen molar-refractivity contribution in [3.63, 3.8) is 0 Å². The summed E-state index contributed by atoms with van der Waals surface area (Å²) in [6.45, 7) is 0. The topological polar surface area (TPSA) is 0 Å². The number of benzene rings is 4. The molecule has 0 bridgehead atoms. The molecule has 0 saturated carbocycles. The zero-order valence-electron chi connectivity index (χ0n) is 16.8. The zero-order chi connectivity index (χ0) is 20.4. The lowest BCUT2D eigenvalue weighted by Crippen LogP contribution is -2.03. The van der Waals surface area contributed by atoms with Gasteiger partial charge in [-0.15, -0.1) is 11.3 Å². The maximum absolute atomic E-state index is 2.31. The Bertz CT molecular complexity index is 1410. The van der Waals surface area contributed by atoms with Gasteiger partial charge in [-0.1, -0.05) is 97.1 Å². The van der Waals surface area contributed by atoms with E-state index in [1.165, 1.54) is 64.7 Å². The first-order valence-corrected chi connectivity index (χ1v) is 11.4. The maximum atomic E-state index is 2.31. The predicted octanol–water partition coefficient (Wildman–Crippen LogP) is 6.20. The molecule has 0 fully saturated rings. The van der Waals surface area contributed by atoms with E-state index in [-0.39, 0.29) is 0 Å². The molecule has 0 radical (unpaired) electrons. The van der Waals surface area contributed by atoms with Crippen LogP contribution in [0.25, 0.3) is 33.4 Å². The summed E-state index contributed by atoms with van der Waals surface area (Å²) in [6, 6.07) is 39.8. The largest absolute Gasteiger partial charge is 0.135 e. The van der Waals surface area contributed by atoms with Gasteiger partial charge in [0.05, 0.1) is 0 Å². The van der Waals surface area contributed by atoms with Gasteiger partial charge >= 0.3 is 0 Å². The third kappa shape index (κ3) is 2.35. The van der Waals surface area contributed by atoms with Crippen molar-refractivity contribution < 1.29 is 0 Å². The van der Waals surface area contributed by atoms with Crippen molar-refractivity contribution in [1.29, 1.82) is 0 Å². The van der Waals surface area contributed by atoms with Crippen LogP contribution >= 0.6 is 11.3 Å². The molecular weight excluding hydrogens is 392 g/mol. The van der Waals surface area contributed by atoms with Gasteiger partial charge in [0.1, 0.15) is 0 Å². The van der Waals surface area contributed by atoms with Crippen LogP contribution in [0, 0.1) is 0 Å². The molecule has 5 aromatic rings. The van der Waals surface area contributed by atoms with Crippen LogP contribution in [0.5, 0.6) is 0 Å². The first-order chi connectivity index (χ1) is 15.4. The van der Waals surface area contributed by atoms with Gasteiger partial charge < -0.3 is 0 Å². The maximum Gasteiger partial charge on any atom is 0.0361 e. The Morgan fingerprint density at radius 2 is 0.548 bits per heavy atom. The summed E-state index contributed by atoms with van der Waals surface area (Å²) >= 11 is 1.91. The van der Waals surface area contributed by atoms with Crippen molar-refractivity contribution in [3.8, 4) is 22.3 Å². The van der Waals surface area contributed by atoms with Crippen molar-refractivity contribution in [2.24, 2.45) is 0 Å². The lowest BCUT2D eigenvalue weighted by atomic mass is 10.0. The Labute approximate surface area is 185 Å². The average molecular weight is 411 g/mol. The summed E-state index contributed by atoms with van der Waals surface area (Å²) in [6.07, 6.45) is 0. The van der Waals surface area contributed by atoms with Crippen LogP contribution in [0.15, 0.2) is 109 Å². The molecule has 2 aliphatic carbocycles. The van der Waals surface area contributed by atoms with Crippen molar-refractivity contribution in [3.05, 3.63) is 141 Å². The summed E-state index contributed by atoms with van der Waals surface area (Å²) in [5.41, 5.74) is 13.5. The number of hydrogen-bond donors (Lipinski definition) is 0. The van der Waals surface area contributed by atoms with Gasteiger partial charge in [0.15, 0.2) is 0 Å². The number of hydrogen-bond acceptors (Lipinski definition) is 1. The Hall–Kier alpha value is -3.68. The van der Waals surface area contributed by atoms with Gasteiger partial charge in [0.25, 0.3) is 0 Å². The molecule has 0 nitrogen and oxygen atoms in total. The van der Waals surface area contributed by atoms with Crippen LogP contribution in [0.1, 0.15) is 22.3 Å². The highest BCUT2D eigenvalue weighted by atomic mass is 32.1. The molecule has 144 valence electrons. The normalized spacial score (nSPS) is 13.0. The first kappa shape index (κ1) is 17.0. The fraction of sp³-hybridized carbons (Fsp3) is 0. The zero-order valence-corrected chi connectivity index (χ0v) is 17.6. The van der Waals surface area contributed by atoms with Crippen LogP contribution in [-0.4, -0.2) is 0 Å². The van der Waals surface area contributed by atoms with E-state index in [0.717, 1.165) is 0 Å². The van der Waals surface area contributed by atoms with Crippen LogP contribution in [0.4, 0.5) is 0 Å². The quantitative estimate of drug-likeness (QED) is 0.279. The van der Waals surface area contributed by atoms with Gasteiger partial charge in [-0.3, -0.25) is 0 Å². The summed E-state index contributed by atoms with van der Waals surface area (Å²) in [5, 5.41) is 0. The van der Waals surface area contributed by atoms with Gasteiger partial charge in [0.2, 0.25) is 0 Å². The molecule has 0 N–H and O–H groups in total. The van der Waals surface area contributed by atoms with E-state index in [1.807, 2.05) is 11.3 Å². The fourth-order valence-electron chi connectivity index (χ4n) is 5.17. The minimum absolute atomic E-state index is 1.33. The highest BCUT2D eigenvalue weighted by Crippen LogP contribution is 2.44. The van der Waals surface area contributed by atoms with E-state index in [1.54, 1.807) is 0 Å². The molecule has 4 aromatic carbocycles. The Balaban J connectivity index is 1.58. The molecular formula is C30H18S. The number of thiophene rings is 1. The minimum atomic E-state index is 1.33. The molecule has 2 aliphatic rings. The van der Waals surface area contributed by atoms with Crippen LogP contribution in [0.3, 0.4) is 0 Å².